The summed E-state index contributed by atoms with van der Waals surface area (Å²) in [5.74, 6) is 0.0907. The van der Waals surface area contributed by atoms with Gasteiger partial charge < -0.3 is 4.90 Å². The molecule has 2 aliphatic carbocycles. The molecule has 3 nitrogen and oxygen atoms in total. The Morgan fingerprint density at radius 1 is 1.29 bits per heavy atom. The van der Waals surface area contributed by atoms with Gasteiger partial charge in [-0.05, 0) is 68.7 Å². The van der Waals surface area contributed by atoms with Gasteiger partial charge in [0.15, 0.2) is 5.78 Å². The van der Waals surface area contributed by atoms with Crippen molar-refractivity contribution in [2.45, 2.75) is 58.9 Å². The third kappa shape index (κ3) is 1.88. The minimum absolute atomic E-state index is 0.0420. The molecule has 3 aliphatic rings. The van der Waals surface area contributed by atoms with Crippen molar-refractivity contribution in [1.82, 2.24) is 0 Å². The number of ketones is 1. The van der Waals surface area contributed by atoms with Gasteiger partial charge in [0, 0.05) is 17.1 Å². The van der Waals surface area contributed by atoms with Crippen molar-refractivity contribution in [3.63, 3.8) is 0 Å². The number of Topliss-reactive ketones (excluding diaryl/α,β-unsaturated/α-hetero) is 1. The second-order valence-electron chi connectivity index (χ2n) is 8.41. The zero-order chi connectivity index (χ0) is 17.3. The number of anilines is 1. The molecule has 2 saturated carbocycles. The zero-order valence-corrected chi connectivity index (χ0v) is 14.6. The Morgan fingerprint density at radius 2 is 2.04 bits per heavy atom. The lowest BCUT2D eigenvalue weighted by Gasteiger charge is -2.41. The van der Waals surface area contributed by atoms with Gasteiger partial charge in [0.25, 0.3) is 0 Å². The van der Waals surface area contributed by atoms with Crippen molar-refractivity contribution in [3.05, 3.63) is 29.6 Å². The Labute approximate surface area is 142 Å². The van der Waals surface area contributed by atoms with Crippen LogP contribution in [0.1, 0.15) is 52.0 Å². The van der Waals surface area contributed by atoms with E-state index in [1.54, 1.807) is 11.0 Å². The topological polar surface area (TPSA) is 37.4 Å². The van der Waals surface area contributed by atoms with E-state index < -0.39 is 10.8 Å². The highest BCUT2D eigenvalue weighted by Crippen LogP contribution is 2.61. The quantitative estimate of drug-likeness (QED) is 0.733. The van der Waals surface area contributed by atoms with Gasteiger partial charge in [0.05, 0.1) is 0 Å². The molecule has 0 aromatic heterocycles. The average Bonchev–Trinajstić information content (AvgIpc) is 3.07. The van der Waals surface area contributed by atoms with Crippen LogP contribution in [0.25, 0.3) is 0 Å². The summed E-state index contributed by atoms with van der Waals surface area (Å²) in [5, 5.41) is 0. The van der Waals surface area contributed by atoms with E-state index in [4.69, 9.17) is 0 Å². The molecule has 1 aromatic carbocycles. The van der Waals surface area contributed by atoms with E-state index in [1.807, 2.05) is 20.8 Å². The summed E-state index contributed by atoms with van der Waals surface area (Å²) in [6.07, 6.45) is 3.87. The summed E-state index contributed by atoms with van der Waals surface area (Å²) in [6.45, 7) is 5.99. The fourth-order valence-corrected chi connectivity index (χ4v) is 5.22. The van der Waals surface area contributed by atoms with Gasteiger partial charge in [0.2, 0.25) is 5.91 Å². The van der Waals surface area contributed by atoms with E-state index in [2.05, 4.69) is 0 Å². The number of rotatable bonds is 1. The van der Waals surface area contributed by atoms with Crippen molar-refractivity contribution in [3.8, 4) is 0 Å². The Hall–Kier alpha value is -1.71. The summed E-state index contributed by atoms with van der Waals surface area (Å²) >= 11 is 0. The number of amides is 1. The first-order valence-corrected chi connectivity index (χ1v) is 8.94. The molecule has 3 atom stereocenters. The van der Waals surface area contributed by atoms with Crippen molar-refractivity contribution < 1.29 is 14.0 Å². The number of benzene rings is 1. The van der Waals surface area contributed by atoms with Crippen molar-refractivity contribution >= 4 is 17.4 Å². The molecule has 1 heterocycles. The van der Waals surface area contributed by atoms with Crippen LogP contribution < -0.4 is 4.90 Å². The molecule has 0 N–H and O–H groups in total. The lowest BCUT2D eigenvalue weighted by molar-refractivity contribution is -0.144. The van der Waals surface area contributed by atoms with Gasteiger partial charge in [-0.3, -0.25) is 9.59 Å². The van der Waals surface area contributed by atoms with Gasteiger partial charge in [-0.25, -0.2) is 4.39 Å². The summed E-state index contributed by atoms with van der Waals surface area (Å²) < 4.78 is 13.6. The van der Waals surface area contributed by atoms with Gasteiger partial charge in [-0.2, -0.15) is 0 Å². The smallest absolute Gasteiger partial charge is 0.240 e. The van der Waals surface area contributed by atoms with Crippen LogP contribution in [0.2, 0.25) is 0 Å². The number of hydrogen-bond acceptors (Lipinski definition) is 2. The number of carbonyl (C=O) groups is 2. The molecule has 0 radical (unpaired) electrons. The number of fused-ring (bicyclic) bond motifs is 3. The summed E-state index contributed by atoms with van der Waals surface area (Å²) in [4.78, 5) is 28.4. The minimum atomic E-state index is -0.856. The zero-order valence-electron chi connectivity index (χ0n) is 14.6. The van der Waals surface area contributed by atoms with Crippen LogP contribution in [-0.2, 0) is 16.0 Å². The maximum atomic E-state index is 13.6. The monoisotopic (exact) mass is 329 g/mol. The number of carbonyl (C=O) groups excluding carboxylic acids is 2. The molecule has 1 aliphatic heterocycles. The van der Waals surface area contributed by atoms with Gasteiger partial charge in [-0.15, -0.1) is 0 Å². The first-order chi connectivity index (χ1) is 11.3. The lowest BCUT2D eigenvalue weighted by Crippen LogP contribution is -2.53. The van der Waals surface area contributed by atoms with E-state index in [0.717, 1.165) is 30.5 Å². The van der Waals surface area contributed by atoms with Crippen LogP contribution in [0.3, 0.4) is 0 Å². The minimum Gasteiger partial charge on any atom is -0.308 e. The molecule has 2 bridgehead atoms. The number of hydrogen-bond donors (Lipinski definition) is 0. The van der Waals surface area contributed by atoms with Gasteiger partial charge in [0.1, 0.15) is 11.2 Å². The predicted molar refractivity (Wildman–Crippen MR) is 90.2 cm³/mol. The highest BCUT2D eigenvalue weighted by atomic mass is 19.1. The highest BCUT2D eigenvalue weighted by molar-refractivity contribution is 6.16. The van der Waals surface area contributed by atoms with Crippen molar-refractivity contribution in [2.24, 2.45) is 16.7 Å². The van der Waals surface area contributed by atoms with E-state index in [0.29, 0.717) is 18.8 Å². The van der Waals surface area contributed by atoms with E-state index >= 15 is 0 Å². The highest BCUT2D eigenvalue weighted by Gasteiger charge is 2.66. The Morgan fingerprint density at radius 3 is 2.71 bits per heavy atom. The summed E-state index contributed by atoms with van der Waals surface area (Å²) in [6, 6.07) is 4.68. The van der Waals surface area contributed by atoms with Crippen LogP contribution in [0.4, 0.5) is 10.1 Å². The molecule has 2 fully saturated rings. The molecular formula is C20H24FNO2. The third-order valence-corrected chi connectivity index (χ3v) is 6.76. The maximum absolute atomic E-state index is 13.6. The number of nitrogens with zero attached hydrogens (tertiary/aromatic N) is 1. The molecular weight excluding hydrogens is 305 g/mol. The van der Waals surface area contributed by atoms with Crippen LogP contribution in [0.5, 0.6) is 0 Å². The van der Waals surface area contributed by atoms with Crippen LogP contribution >= 0.6 is 0 Å². The first-order valence-electron chi connectivity index (χ1n) is 8.94. The van der Waals surface area contributed by atoms with E-state index in [1.165, 1.54) is 12.1 Å². The lowest BCUT2D eigenvalue weighted by atomic mass is 9.70. The molecule has 4 heteroatoms. The van der Waals surface area contributed by atoms with Crippen molar-refractivity contribution in [1.29, 1.82) is 0 Å². The Bertz CT molecular complexity index is 741. The molecule has 4 rings (SSSR count). The Balaban J connectivity index is 1.77. The third-order valence-electron chi connectivity index (χ3n) is 6.76. The Kier molecular flexibility index (Phi) is 3.23. The van der Waals surface area contributed by atoms with Gasteiger partial charge in [-0.1, -0.05) is 13.8 Å². The number of aryl methyl sites for hydroxylation is 1. The van der Waals surface area contributed by atoms with E-state index in [-0.39, 0.29) is 23.5 Å². The fraction of sp³-hybridized carbons (Fsp3) is 0.600. The number of halogens is 1. The first kappa shape index (κ1) is 15.8. The van der Waals surface area contributed by atoms with Crippen LogP contribution in [0.15, 0.2) is 18.2 Å². The maximum Gasteiger partial charge on any atom is 0.240 e. The second-order valence-corrected chi connectivity index (χ2v) is 8.41. The SMILES string of the molecule is C[C@@H]1CCc2cc(F)ccc2N1C(=O)[C@@]12CC[C@@H](C1)C(C)(C)C2=O. The molecule has 0 unspecified atom stereocenters. The second kappa shape index (κ2) is 4.90. The fourth-order valence-electron chi connectivity index (χ4n) is 5.22. The molecule has 0 spiro atoms. The molecule has 24 heavy (non-hydrogen) atoms. The van der Waals surface area contributed by atoms with Crippen LogP contribution in [0, 0.1) is 22.6 Å². The van der Waals surface area contributed by atoms with E-state index in [9.17, 15) is 14.0 Å². The molecule has 1 amide bonds. The largest absolute Gasteiger partial charge is 0.308 e. The average molecular weight is 329 g/mol. The predicted octanol–water partition coefficient (Wildman–Crippen LogP) is 3.89. The molecule has 128 valence electrons. The molecule has 0 saturated heterocycles. The summed E-state index contributed by atoms with van der Waals surface area (Å²) in [7, 11) is 0. The molecule has 1 aromatic rings. The van der Waals surface area contributed by atoms with Crippen molar-refractivity contribution in [2.75, 3.05) is 4.90 Å². The van der Waals surface area contributed by atoms with Crippen LogP contribution in [-0.4, -0.2) is 17.7 Å². The normalized spacial score (nSPS) is 33.7. The summed E-state index contributed by atoms with van der Waals surface area (Å²) in [5.41, 5.74) is 0.400. The standard InChI is InChI=1S/C20H24FNO2/c1-12-4-5-13-10-15(21)6-7-16(13)22(12)18(24)20-9-8-14(11-20)19(2,3)17(20)23/h6-7,10,12,14H,4-5,8-9,11H2,1-3H3/t12-,14+,20+/m1/s1. The van der Waals surface area contributed by atoms with Gasteiger partial charge >= 0.3 is 0 Å².